The average Bonchev–Trinajstić information content (AvgIpc) is 3.09. The van der Waals surface area contributed by atoms with Crippen LogP contribution in [0.2, 0.25) is 0 Å². The lowest BCUT2D eigenvalue weighted by molar-refractivity contribution is -0.141. The van der Waals surface area contributed by atoms with Gasteiger partial charge in [0.2, 0.25) is 0 Å². The van der Waals surface area contributed by atoms with Crippen molar-refractivity contribution in [3.05, 3.63) is 40.7 Å². The number of carbonyl (C=O) groups is 2. The molecule has 2 heterocycles. The molecule has 1 atom stereocenters. The number of nitrogens with zero attached hydrogens (tertiary/aromatic N) is 2. The molecule has 0 aliphatic rings. The molecule has 0 aromatic carbocycles. The van der Waals surface area contributed by atoms with Crippen LogP contribution in [-0.4, -0.2) is 38.2 Å². The molecule has 2 amide bonds. The number of hydrogen-bond donors (Lipinski definition) is 2. The first-order valence-electron chi connectivity index (χ1n) is 7.30. The lowest BCUT2D eigenvalue weighted by atomic mass is 10.2. The number of rotatable bonds is 6. The maximum atomic E-state index is 12.2. The van der Waals surface area contributed by atoms with Crippen LogP contribution in [0.15, 0.2) is 35.8 Å². The van der Waals surface area contributed by atoms with E-state index < -0.39 is 12.1 Å². The molecule has 2 aromatic rings. The van der Waals surface area contributed by atoms with Crippen molar-refractivity contribution >= 4 is 34.8 Å². The van der Waals surface area contributed by atoms with E-state index in [0.717, 1.165) is 10.7 Å². The second-order valence-corrected chi connectivity index (χ2v) is 6.23. The van der Waals surface area contributed by atoms with Crippen molar-refractivity contribution in [3.63, 3.8) is 0 Å². The summed E-state index contributed by atoms with van der Waals surface area (Å²) in [6, 6.07) is 6.46. The Kier molecular flexibility index (Phi) is 6.14. The normalized spacial score (nSPS) is 11.5. The van der Waals surface area contributed by atoms with Gasteiger partial charge >= 0.3 is 12.0 Å². The first-order chi connectivity index (χ1) is 11.5. The van der Waals surface area contributed by atoms with Gasteiger partial charge in [-0.2, -0.15) is 0 Å². The van der Waals surface area contributed by atoms with E-state index in [2.05, 4.69) is 15.6 Å². The van der Waals surface area contributed by atoms with E-state index in [1.165, 1.54) is 18.4 Å². The van der Waals surface area contributed by atoms with Gasteiger partial charge in [0.05, 0.1) is 31.5 Å². The van der Waals surface area contributed by atoms with Crippen molar-refractivity contribution in [1.29, 1.82) is 0 Å². The van der Waals surface area contributed by atoms with Crippen LogP contribution in [-0.2, 0) is 9.53 Å². The van der Waals surface area contributed by atoms with Crippen LogP contribution in [0.3, 0.4) is 0 Å². The Labute approximate surface area is 144 Å². The molecule has 2 aromatic heterocycles. The Morgan fingerprint density at radius 3 is 2.67 bits per heavy atom. The van der Waals surface area contributed by atoms with Gasteiger partial charge in [-0.25, -0.2) is 9.78 Å². The molecule has 0 saturated carbocycles. The molecular formula is C16H20N4O3S. The van der Waals surface area contributed by atoms with Crippen molar-refractivity contribution in [1.82, 2.24) is 10.3 Å². The summed E-state index contributed by atoms with van der Waals surface area (Å²) >= 11 is 1.47. The molecule has 0 aliphatic heterocycles. The molecule has 7 nitrogen and oxygen atoms in total. The van der Waals surface area contributed by atoms with Crippen molar-refractivity contribution in [2.45, 2.75) is 12.5 Å². The number of carbonyl (C=O) groups excluding carboxylic acids is 2. The summed E-state index contributed by atoms with van der Waals surface area (Å²) in [4.78, 5) is 30.7. The number of thiophene rings is 1. The Morgan fingerprint density at radius 1 is 1.33 bits per heavy atom. The highest BCUT2D eigenvalue weighted by Gasteiger charge is 2.20. The first kappa shape index (κ1) is 17.7. The summed E-state index contributed by atoms with van der Waals surface area (Å²) in [5, 5.41) is 7.40. The molecule has 0 aliphatic carbocycles. The Morgan fingerprint density at radius 2 is 2.12 bits per heavy atom. The number of aromatic nitrogens is 1. The third kappa shape index (κ3) is 4.95. The molecule has 2 rings (SSSR count). The standard InChI is InChI=1S/C16H20N4O3S/c1-20(2)14-7-6-11(10-17-14)18-16(22)19-12(9-15(21)23-3)13-5-4-8-24-13/h4-8,10,12H,9H2,1-3H3,(H2,18,19,22)/t12-/m1/s1. The summed E-state index contributed by atoms with van der Waals surface area (Å²) < 4.78 is 4.69. The Bertz CT molecular complexity index is 671. The molecule has 0 bridgehead atoms. The highest BCUT2D eigenvalue weighted by Crippen LogP contribution is 2.22. The minimum Gasteiger partial charge on any atom is -0.469 e. The van der Waals surface area contributed by atoms with Crippen molar-refractivity contribution in [2.24, 2.45) is 0 Å². The summed E-state index contributed by atoms with van der Waals surface area (Å²) in [5.74, 6) is 0.411. The van der Waals surface area contributed by atoms with Gasteiger partial charge in [0.1, 0.15) is 5.82 Å². The third-order valence-corrected chi connectivity index (χ3v) is 4.24. The maximum absolute atomic E-state index is 12.2. The quantitative estimate of drug-likeness (QED) is 0.784. The molecule has 2 N–H and O–H groups in total. The van der Waals surface area contributed by atoms with Crippen LogP contribution in [0.1, 0.15) is 17.3 Å². The summed E-state index contributed by atoms with van der Waals surface area (Å²) in [5.41, 5.74) is 0.570. The summed E-state index contributed by atoms with van der Waals surface area (Å²) in [7, 11) is 5.10. The van der Waals surface area contributed by atoms with Crippen molar-refractivity contribution in [3.8, 4) is 0 Å². The fourth-order valence-corrected chi connectivity index (χ4v) is 2.79. The van der Waals surface area contributed by atoms with Gasteiger partial charge in [-0.3, -0.25) is 4.79 Å². The van der Waals surface area contributed by atoms with E-state index in [0.29, 0.717) is 5.69 Å². The SMILES string of the molecule is COC(=O)C[C@@H](NC(=O)Nc1ccc(N(C)C)nc1)c1cccs1. The first-order valence-corrected chi connectivity index (χ1v) is 8.18. The van der Waals surface area contributed by atoms with E-state index in [1.807, 2.05) is 36.5 Å². The summed E-state index contributed by atoms with van der Waals surface area (Å²) in [6.45, 7) is 0. The van der Waals surface area contributed by atoms with Gasteiger partial charge in [0.25, 0.3) is 0 Å². The summed E-state index contributed by atoms with van der Waals surface area (Å²) in [6.07, 6.45) is 1.65. The van der Waals surface area contributed by atoms with Crippen LogP contribution in [0.5, 0.6) is 0 Å². The van der Waals surface area contributed by atoms with E-state index in [4.69, 9.17) is 4.74 Å². The fraction of sp³-hybridized carbons (Fsp3) is 0.312. The predicted octanol–water partition coefficient (Wildman–Crippen LogP) is 2.64. The van der Waals surface area contributed by atoms with Crippen molar-refractivity contribution in [2.75, 3.05) is 31.4 Å². The van der Waals surface area contributed by atoms with Gasteiger partial charge in [-0.1, -0.05) is 6.07 Å². The molecule has 0 spiro atoms. The van der Waals surface area contributed by atoms with E-state index in [9.17, 15) is 9.59 Å². The van der Waals surface area contributed by atoms with Gasteiger partial charge in [0, 0.05) is 19.0 Å². The zero-order valence-corrected chi connectivity index (χ0v) is 14.6. The van der Waals surface area contributed by atoms with Crippen molar-refractivity contribution < 1.29 is 14.3 Å². The Hall–Kier alpha value is -2.61. The van der Waals surface area contributed by atoms with Gasteiger partial charge in [0.15, 0.2) is 0 Å². The maximum Gasteiger partial charge on any atom is 0.319 e. The van der Waals surface area contributed by atoms with Crippen LogP contribution >= 0.6 is 11.3 Å². The number of ether oxygens (including phenoxy) is 1. The smallest absolute Gasteiger partial charge is 0.319 e. The largest absolute Gasteiger partial charge is 0.469 e. The van der Waals surface area contributed by atoms with Crippen LogP contribution in [0, 0.1) is 0 Å². The minimum atomic E-state index is -0.438. The van der Waals surface area contributed by atoms with Gasteiger partial charge in [-0.05, 0) is 23.6 Å². The number of anilines is 2. The number of esters is 1. The number of urea groups is 1. The van der Waals surface area contributed by atoms with Gasteiger partial charge in [-0.15, -0.1) is 11.3 Å². The number of hydrogen-bond acceptors (Lipinski definition) is 6. The lowest BCUT2D eigenvalue weighted by Crippen LogP contribution is -2.33. The van der Waals surface area contributed by atoms with Crippen LogP contribution < -0.4 is 15.5 Å². The molecule has 128 valence electrons. The second kappa shape index (κ2) is 8.30. The molecule has 0 fully saturated rings. The van der Waals surface area contributed by atoms with E-state index in [-0.39, 0.29) is 12.4 Å². The number of nitrogens with one attached hydrogen (secondary N) is 2. The molecular weight excluding hydrogens is 328 g/mol. The fourth-order valence-electron chi connectivity index (χ4n) is 2.01. The van der Waals surface area contributed by atoms with Crippen LogP contribution in [0.25, 0.3) is 0 Å². The monoisotopic (exact) mass is 348 g/mol. The highest BCUT2D eigenvalue weighted by molar-refractivity contribution is 7.10. The molecule has 0 saturated heterocycles. The molecule has 24 heavy (non-hydrogen) atoms. The number of pyridine rings is 1. The van der Waals surface area contributed by atoms with E-state index in [1.54, 1.807) is 18.3 Å². The highest BCUT2D eigenvalue weighted by atomic mass is 32.1. The zero-order chi connectivity index (χ0) is 17.5. The van der Waals surface area contributed by atoms with Crippen LogP contribution in [0.4, 0.5) is 16.3 Å². The average molecular weight is 348 g/mol. The molecule has 0 radical (unpaired) electrons. The molecule has 8 heteroatoms. The van der Waals surface area contributed by atoms with E-state index >= 15 is 0 Å². The zero-order valence-electron chi connectivity index (χ0n) is 13.8. The number of methoxy groups -OCH3 is 1. The minimum absolute atomic E-state index is 0.0717. The molecule has 0 unspecified atom stereocenters. The van der Waals surface area contributed by atoms with Gasteiger partial charge < -0.3 is 20.3 Å². The Balaban J connectivity index is 2.00. The topological polar surface area (TPSA) is 83.6 Å². The lowest BCUT2D eigenvalue weighted by Gasteiger charge is -2.17. The second-order valence-electron chi connectivity index (χ2n) is 5.25. The predicted molar refractivity (Wildman–Crippen MR) is 94.4 cm³/mol. The number of amides is 2. The third-order valence-electron chi connectivity index (χ3n) is 3.25.